The van der Waals surface area contributed by atoms with Crippen molar-refractivity contribution in [1.82, 2.24) is 0 Å². The Balaban J connectivity index is 1.68. The molecule has 0 N–H and O–H groups in total. The third-order valence-electron chi connectivity index (χ3n) is 9.03. The standard InChI is InChI=1S/C34H43O6/c1-5-7-14-21-33(22-19-26(20-23-33)25-15-10-8-11-16-25)27(6-2)24-34(28-17-12-9-13-18-28)39-29(31(35)37-3)30(40-34)32(36)38-4/h2,6,8-13,15-18,26-27,29-30H,5,7,14,19-24H2,1,3-4H3/t26?,27?,29-,30-,33?/m1/s1. The van der Waals surface area contributed by atoms with E-state index in [-0.39, 0.29) is 11.3 Å². The number of carbonyl (C=O) groups excluding carboxylic acids is 2. The summed E-state index contributed by atoms with van der Waals surface area (Å²) in [5.41, 5.74) is 2.07. The van der Waals surface area contributed by atoms with Crippen LogP contribution in [0, 0.1) is 17.9 Å². The van der Waals surface area contributed by atoms with Crippen molar-refractivity contribution in [2.24, 2.45) is 11.3 Å². The van der Waals surface area contributed by atoms with Gasteiger partial charge in [0.2, 0.25) is 0 Å². The van der Waals surface area contributed by atoms with Gasteiger partial charge in [-0.1, -0.05) is 99.5 Å². The van der Waals surface area contributed by atoms with Crippen molar-refractivity contribution in [2.45, 2.75) is 88.6 Å². The van der Waals surface area contributed by atoms with Crippen LogP contribution in [0.4, 0.5) is 0 Å². The van der Waals surface area contributed by atoms with Crippen LogP contribution < -0.4 is 0 Å². The number of hydrogen-bond donors (Lipinski definition) is 0. The van der Waals surface area contributed by atoms with E-state index in [2.05, 4.69) is 37.3 Å². The fourth-order valence-electron chi connectivity index (χ4n) is 6.74. The fraction of sp³-hybridized carbons (Fsp3) is 0.529. The van der Waals surface area contributed by atoms with E-state index >= 15 is 0 Å². The minimum absolute atomic E-state index is 0.0478. The number of methoxy groups -OCH3 is 2. The maximum absolute atomic E-state index is 12.8. The van der Waals surface area contributed by atoms with Crippen LogP contribution in [-0.4, -0.2) is 38.4 Å². The third-order valence-corrected chi connectivity index (χ3v) is 9.03. The molecule has 2 aliphatic rings. The molecule has 1 aliphatic carbocycles. The molecule has 1 aliphatic heterocycles. The summed E-state index contributed by atoms with van der Waals surface area (Å²) in [6.07, 6.45) is 8.35. The Morgan fingerprint density at radius 3 is 1.98 bits per heavy atom. The summed E-state index contributed by atoms with van der Waals surface area (Å²) in [6.45, 7) is 8.69. The van der Waals surface area contributed by atoms with Gasteiger partial charge in [0.05, 0.1) is 14.2 Å². The van der Waals surface area contributed by atoms with Crippen LogP contribution in [0.1, 0.15) is 81.8 Å². The molecular weight excluding hydrogens is 504 g/mol. The van der Waals surface area contributed by atoms with Gasteiger partial charge in [-0.2, -0.15) is 0 Å². The van der Waals surface area contributed by atoms with E-state index in [4.69, 9.17) is 25.5 Å². The number of hydrogen-bond acceptors (Lipinski definition) is 6. The van der Waals surface area contributed by atoms with E-state index in [0.717, 1.165) is 56.9 Å². The monoisotopic (exact) mass is 547 g/mol. The van der Waals surface area contributed by atoms with E-state index in [1.54, 1.807) is 6.08 Å². The molecule has 4 rings (SSSR count). The summed E-state index contributed by atoms with van der Waals surface area (Å²) >= 11 is 0. The second kappa shape index (κ2) is 13.6. The zero-order valence-corrected chi connectivity index (χ0v) is 24.1. The van der Waals surface area contributed by atoms with Gasteiger partial charge in [-0.3, -0.25) is 0 Å². The molecular formula is C34H43O6. The van der Waals surface area contributed by atoms with E-state index in [0.29, 0.717) is 12.3 Å². The van der Waals surface area contributed by atoms with Gasteiger partial charge in [0.25, 0.3) is 0 Å². The lowest BCUT2D eigenvalue weighted by atomic mass is 9.59. The molecule has 1 unspecified atom stereocenters. The summed E-state index contributed by atoms with van der Waals surface area (Å²) in [6, 6.07) is 20.2. The highest BCUT2D eigenvalue weighted by Crippen LogP contribution is 2.55. The molecule has 0 aromatic heterocycles. The van der Waals surface area contributed by atoms with Gasteiger partial charge in [-0.25, -0.2) is 9.59 Å². The second-order valence-corrected chi connectivity index (χ2v) is 11.2. The molecule has 2 aromatic carbocycles. The van der Waals surface area contributed by atoms with Crippen LogP contribution in [0.3, 0.4) is 0 Å². The van der Waals surface area contributed by atoms with Crippen LogP contribution in [0.15, 0.2) is 66.7 Å². The summed E-state index contributed by atoms with van der Waals surface area (Å²) in [5.74, 6) is -2.28. The first-order chi connectivity index (χ1) is 19.4. The summed E-state index contributed by atoms with van der Waals surface area (Å²) in [7, 11) is 2.54. The summed E-state index contributed by atoms with van der Waals surface area (Å²) in [5, 5.41) is 0. The molecule has 6 nitrogen and oxygen atoms in total. The Morgan fingerprint density at radius 2 is 1.48 bits per heavy atom. The molecule has 1 radical (unpaired) electrons. The van der Waals surface area contributed by atoms with Crippen molar-refractivity contribution in [1.29, 1.82) is 0 Å². The Morgan fingerprint density at radius 1 is 0.925 bits per heavy atom. The average Bonchev–Trinajstić information content (AvgIpc) is 3.41. The molecule has 1 saturated heterocycles. The first-order valence-corrected chi connectivity index (χ1v) is 14.6. The number of rotatable bonds is 12. The van der Waals surface area contributed by atoms with Crippen molar-refractivity contribution >= 4 is 11.9 Å². The molecule has 0 spiro atoms. The molecule has 6 heteroatoms. The molecule has 3 atom stereocenters. The van der Waals surface area contributed by atoms with Crippen LogP contribution in [0.25, 0.3) is 0 Å². The molecule has 2 aromatic rings. The van der Waals surface area contributed by atoms with Gasteiger partial charge in [0.15, 0.2) is 18.0 Å². The highest BCUT2D eigenvalue weighted by molar-refractivity contribution is 5.86. The lowest BCUT2D eigenvalue weighted by Gasteiger charge is -2.47. The highest BCUT2D eigenvalue weighted by Gasteiger charge is 2.57. The minimum Gasteiger partial charge on any atom is -0.467 e. The van der Waals surface area contributed by atoms with Crippen LogP contribution in [0.5, 0.6) is 0 Å². The van der Waals surface area contributed by atoms with Gasteiger partial charge in [-0.05, 0) is 54.9 Å². The normalized spacial score (nSPS) is 26.5. The topological polar surface area (TPSA) is 71.1 Å². The minimum atomic E-state index is -1.37. The van der Waals surface area contributed by atoms with E-state index < -0.39 is 29.9 Å². The summed E-state index contributed by atoms with van der Waals surface area (Å²) in [4.78, 5) is 25.5. The quantitative estimate of drug-likeness (QED) is 0.213. The van der Waals surface area contributed by atoms with Gasteiger partial charge < -0.3 is 18.9 Å². The van der Waals surface area contributed by atoms with Crippen molar-refractivity contribution in [3.63, 3.8) is 0 Å². The molecule has 0 bridgehead atoms. The molecule has 2 fully saturated rings. The number of benzene rings is 2. The van der Waals surface area contributed by atoms with Crippen LogP contribution in [0.2, 0.25) is 0 Å². The van der Waals surface area contributed by atoms with E-state index in [9.17, 15) is 9.59 Å². The lowest BCUT2D eigenvalue weighted by Crippen LogP contribution is -2.40. The first-order valence-electron chi connectivity index (χ1n) is 14.6. The van der Waals surface area contributed by atoms with Crippen LogP contribution in [-0.2, 0) is 34.3 Å². The molecule has 1 heterocycles. The number of esters is 2. The second-order valence-electron chi connectivity index (χ2n) is 11.2. The number of carbonyl (C=O) groups is 2. The SMILES string of the molecule is [CH]=CC(CC1(c2ccccc2)O[C@@H](C(=O)OC)[C@H](C(=O)OC)O1)C1(CCCCC)CCC(c2ccccc2)CC1. The van der Waals surface area contributed by atoms with Gasteiger partial charge >= 0.3 is 11.9 Å². The number of ether oxygens (including phenoxy) is 4. The molecule has 1 saturated carbocycles. The average molecular weight is 548 g/mol. The number of unbranched alkanes of at least 4 members (excludes halogenated alkanes) is 2. The Hall–Kier alpha value is -2.96. The Labute approximate surface area is 239 Å². The Bertz CT molecular complexity index is 1080. The molecule has 40 heavy (non-hydrogen) atoms. The number of allylic oxidation sites excluding steroid dienone is 1. The highest BCUT2D eigenvalue weighted by atomic mass is 16.8. The van der Waals surface area contributed by atoms with E-state index in [1.165, 1.54) is 19.8 Å². The largest absolute Gasteiger partial charge is 0.467 e. The summed E-state index contributed by atoms with van der Waals surface area (Å²) < 4.78 is 22.9. The van der Waals surface area contributed by atoms with Crippen molar-refractivity contribution in [3.8, 4) is 0 Å². The molecule has 215 valence electrons. The van der Waals surface area contributed by atoms with Gasteiger partial charge in [-0.15, -0.1) is 0 Å². The van der Waals surface area contributed by atoms with Crippen molar-refractivity contribution in [3.05, 3.63) is 84.4 Å². The maximum Gasteiger partial charge on any atom is 0.338 e. The predicted molar refractivity (Wildman–Crippen MR) is 153 cm³/mol. The van der Waals surface area contributed by atoms with Crippen LogP contribution >= 0.6 is 0 Å². The van der Waals surface area contributed by atoms with Gasteiger partial charge in [0, 0.05) is 12.0 Å². The third kappa shape index (κ3) is 6.34. The zero-order valence-electron chi connectivity index (χ0n) is 24.1. The first kappa shape index (κ1) is 30.0. The smallest absolute Gasteiger partial charge is 0.338 e. The lowest BCUT2D eigenvalue weighted by molar-refractivity contribution is -0.208. The predicted octanol–water partition coefficient (Wildman–Crippen LogP) is 6.89. The van der Waals surface area contributed by atoms with E-state index in [1.807, 2.05) is 30.3 Å². The van der Waals surface area contributed by atoms with Gasteiger partial charge in [0.1, 0.15) is 0 Å². The zero-order chi connectivity index (χ0) is 28.6. The fourth-order valence-corrected chi connectivity index (χ4v) is 6.74. The van der Waals surface area contributed by atoms with Crippen molar-refractivity contribution < 1.29 is 28.5 Å². The maximum atomic E-state index is 12.8. The van der Waals surface area contributed by atoms with Crippen molar-refractivity contribution in [2.75, 3.05) is 14.2 Å². The Kier molecular flexibility index (Phi) is 10.2. The molecule has 0 amide bonds.